The standard InChI is InChI=1S/C18H23NO4S/c1-5-16-11-19-17(24-16)13-8-14(18(20)22-4)10-15(9-13)23-12(2)6-7-21-3/h8-12H,5-7H2,1-4H3/t12-/m1/s1. The largest absolute Gasteiger partial charge is 0.491 e. The lowest BCUT2D eigenvalue weighted by Crippen LogP contribution is -2.14. The maximum absolute atomic E-state index is 12.0. The van der Waals surface area contributed by atoms with Gasteiger partial charge in [-0.15, -0.1) is 11.3 Å². The number of nitrogens with zero attached hydrogens (tertiary/aromatic N) is 1. The van der Waals surface area contributed by atoms with E-state index in [-0.39, 0.29) is 6.10 Å². The maximum Gasteiger partial charge on any atom is 0.338 e. The first-order chi connectivity index (χ1) is 11.6. The first-order valence-electron chi connectivity index (χ1n) is 7.91. The van der Waals surface area contributed by atoms with Crippen molar-refractivity contribution < 1.29 is 19.0 Å². The second-order valence-corrected chi connectivity index (χ2v) is 6.55. The van der Waals surface area contributed by atoms with E-state index in [0.717, 1.165) is 23.4 Å². The van der Waals surface area contributed by atoms with Crippen molar-refractivity contribution in [3.8, 4) is 16.3 Å². The molecule has 0 spiro atoms. The van der Waals surface area contributed by atoms with E-state index in [2.05, 4.69) is 11.9 Å². The van der Waals surface area contributed by atoms with Gasteiger partial charge in [0.05, 0.1) is 18.8 Å². The Morgan fingerprint density at radius 2 is 2.08 bits per heavy atom. The summed E-state index contributed by atoms with van der Waals surface area (Å²) in [5.41, 5.74) is 1.31. The van der Waals surface area contributed by atoms with Crippen LogP contribution in [0.5, 0.6) is 5.75 Å². The number of carbonyl (C=O) groups is 1. The third-order valence-electron chi connectivity index (χ3n) is 3.54. The second kappa shape index (κ2) is 8.80. The fourth-order valence-corrected chi connectivity index (χ4v) is 3.04. The van der Waals surface area contributed by atoms with Crippen molar-refractivity contribution in [2.75, 3.05) is 20.8 Å². The van der Waals surface area contributed by atoms with Crippen LogP contribution in [0.25, 0.3) is 10.6 Å². The minimum Gasteiger partial charge on any atom is -0.491 e. The van der Waals surface area contributed by atoms with Gasteiger partial charge in [0.25, 0.3) is 0 Å². The summed E-state index contributed by atoms with van der Waals surface area (Å²) in [6.45, 7) is 4.69. The molecule has 0 aliphatic rings. The summed E-state index contributed by atoms with van der Waals surface area (Å²) in [6, 6.07) is 5.40. The molecule has 6 heteroatoms. The second-order valence-electron chi connectivity index (χ2n) is 5.43. The number of carbonyl (C=O) groups excluding carboxylic acids is 1. The zero-order chi connectivity index (χ0) is 17.5. The highest BCUT2D eigenvalue weighted by Gasteiger charge is 2.14. The molecule has 0 fully saturated rings. The fraction of sp³-hybridized carbons (Fsp3) is 0.444. The summed E-state index contributed by atoms with van der Waals surface area (Å²) < 4.78 is 15.9. The van der Waals surface area contributed by atoms with Crippen molar-refractivity contribution >= 4 is 17.3 Å². The molecule has 1 aromatic carbocycles. The molecular weight excluding hydrogens is 326 g/mol. The Labute approximate surface area is 146 Å². The minimum atomic E-state index is -0.390. The van der Waals surface area contributed by atoms with Crippen molar-refractivity contribution in [3.63, 3.8) is 0 Å². The van der Waals surface area contributed by atoms with Gasteiger partial charge < -0.3 is 14.2 Å². The van der Waals surface area contributed by atoms with Crippen LogP contribution in [0.1, 0.15) is 35.5 Å². The van der Waals surface area contributed by atoms with Crippen LogP contribution in [0.15, 0.2) is 24.4 Å². The smallest absolute Gasteiger partial charge is 0.338 e. The predicted octanol–water partition coefficient (Wildman–Crippen LogP) is 3.96. The van der Waals surface area contributed by atoms with E-state index in [1.165, 1.54) is 12.0 Å². The molecule has 5 nitrogen and oxygen atoms in total. The van der Waals surface area contributed by atoms with Crippen LogP contribution in [0.4, 0.5) is 0 Å². The Morgan fingerprint density at radius 1 is 1.29 bits per heavy atom. The number of thiazole rings is 1. The molecule has 0 aliphatic carbocycles. The van der Waals surface area contributed by atoms with Crippen LogP contribution in [0.2, 0.25) is 0 Å². The number of rotatable bonds is 8. The first-order valence-corrected chi connectivity index (χ1v) is 8.73. The number of ether oxygens (including phenoxy) is 3. The zero-order valence-corrected chi connectivity index (χ0v) is 15.3. The van der Waals surface area contributed by atoms with Crippen LogP contribution in [0.3, 0.4) is 0 Å². The number of benzene rings is 1. The summed E-state index contributed by atoms with van der Waals surface area (Å²) >= 11 is 1.62. The molecular formula is C18H23NO4S. The molecule has 24 heavy (non-hydrogen) atoms. The maximum atomic E-state index is 12.0. The number of methoxy groups -OCH3 is 2. The summed E-state index contributed by atoms with van der Waals surface area (Å²) in [4.78, 5) is 17.6. The Hall–Kier alpha value is -1.92. The van der Waals surface area contributed by atoms with Crippen LogP contribution in [-0.4, -0.2) is 37.9 Å². The first kappa shape index (κ1) is 18.4. The van der Waals surface area contributed by atoms with Gasteiger partial charge in [0, 0.05) is 36.8 Å². The van der Waals surface area contributed by atoms with Crippen molar-refractivity contribution in [3.05, 3.63) is 34.8 Å². The molecule has 0 amide bonds. The van der Waals surface area contributed by atoms with Gasteiger partial charge >= 0.3 is 5.97 Å². The lowest BCUT2D eigenvalue weighted by molar-refractivity contribution is 0.0599. The molecule has 1 heterocycles. The van der Waals surface area contributed by atoms with Crippen molar-refractivity contribution in [1.29, 1.82) is 0 Å². The highest BCUT2D eigenvalue weighted by molar-refractivity contribution is 7.15. The van der Waals surface area contributed by atoms with E-state index in [1.807, 2.05) is 19.2 Å². The number of esters is 1. The highest BCUT2D eigenvalue weighted by Crippen LogP contribution is 2.30. The SMILES string of the molecule is CCc1cnc(-c2cc(O[C@H](C)CCOC)cc(C(=O)OC)c2)s1. The van der Waals surface area contributed by atoms with Crippen LogP contribution < -0.4 is 4.74 Å². The van der Waals surface area contributed by atoms with E-state index in [1.54, 1.807) is 30.6 Å². The van der Waals surface area contributed by atoms with Gasteiger partial charge in [0.15, 0.2) is 0 Å². The Morgan fingerprint density at radius 3 is 2.71 bits per heavy atom. The number of hydrogen-bond acceptors (Lipinski definition) is 6. The number of aromatic nitrogens is 1. The van der Waals surface area contributed by atoms with E-state index in [9.17, 15) is 4.79 Å². The molecule has 0 N–H and O–H groups in total. The molecule has 1 aromatic heterocycles. The summed E-state index contributed by atoms with van der Waals surface area (Å²) in [5.74, 6) is 0.239. The Bertz CT molecular complexity index is 683. The van der Waals surface area contributed by atoms with E-state index >= 15 is 0 Å². The van der Waals surface area contributed by atoms with Gasteiger partial charge in [0.1, 0.15) is 10.8 Å². The molecule has 0 unspecified atom stereocenters. The molecule has 0 bridgehead atoms. The van der Waals surface area contributed by atoms with Crippen molar-refractivity contribution in [1.82, 2.24) is 4.98 Å². The van der Waals surface area contributed by atoms with E-state index < -0.39 is 5.97 Å². The van der Waals surface area contributed by atoms with E-state index in [0.29, 0.717) is 17.9 Å². The normalized spacial score (nSPS) is 12.0. The molecule has 0 radical (unpaired) electrons. The molecule has 0 aliphatic heterocycles. The fourth-order valence-electron chi connectivity index (χ4n) is 2.21. The minimum absolute atomic E-state index is 0.0202. The van der Waals surface area contributed by atoms with Crippen LogP contribution >= 0.6 is 11.3 Å². The van der Waals surface area contributed by atoms with Crippen molar-refractivity contribution in [2.45, 2.75) is 32.8 Å². The van der Waals surface area contributed by atoms with Crippen molar-refractivity contribution in [2.24, 2.45) is 0 Å². The monoisotopic (exact) mass is 349 g/mol. The zero-order valence-electron chi connectivity index (χ0n) is 14.5. The molecule has 2 rings (SSSR count). The van der Waals surface area contributed by atoms with Gasteiger partial charge in [-0.1, -0.05) is 6.92 Å². The number of aryl methyl sites for hydroxylation is 1. The molecule has 2 aromatic rings. The summed E-state index contributed by atoms with van der Waals surface area (Å²) in [6.07, 6.45) is 3.55. The lowest BCUT2D eigenvalue weighted by atomic mass is 10.1. The van der Waals surface area contributed by atoms with Crippen LogP contribution in [-0.2, 0) is 15.9 Å². The van der Waals surface area contributed by atoms with Crippen LogP contribution in [0, 0.1) is 0 Å². The third-order valence-corrected chi connectivity index (χ3v) is 4.73. The van der Waals surface area contributed by atoms with Gasteiger partial charge in [-0.25, -0.2) is 9.78 Å². The Kier molecular flexibility index (Phi) is 6.75. The summed E-state index contributed by atoms with van der Waals surface area (Å²) in [5, 5.41) is 0.868. The van der Waals surface area contributed by atoms with E-state index in [4.69, 9.17) is 14.2 Å². The van der Waals surface area contributed by atoms with Gasteiger partial charge in [0.2, 0.25) is 0 Å². The lowest BCUT2D eigenvalue weighted by Gasteiger charge is -2.15. The quantitative estimate of drug-likeness (QED) is 0.675. The molecule has 1 atom stereocenters. The number of hydrogen-bond donors (Lipinski definition) is 0. The van der Waals surface area contributed by atoms with Gasteiger partial charge in [-0.05, 0) is 31.5 Å². The highest BCUT2D eigenvalue weighted by atomic mass is 32.1. The topological polar surface area (TPSA) is 57.7 Å². The average Bonchev–Trinajstić information content (AvgIpc) is 3.08. The summed E-state index contributed by atoms with van der Waals surface area (Å²) in [7, 11) is 3.03. The Balaban J connectivity index is 2.32. The molecule has 130 valence electrons. The molecule has 0 saturated carbocycles. The van der Waals surface area contributed by atoms with Gasteiger partial charge in [-0.2, -0.15) is 0 Å². The van der Waals surface area contributed by atoms with Gasteiger partial charge in [-0.3, -0.25) is 0 Å². The molecule has 0 saturated heterocycles. The predicted molar refractivity (Wildman–Crippen MR) is 94.9 cm³/mol. The average molecular weight is 349 g/mol. The third kappa shape index (κ3) is 4.79.